The molecule has 0 saturated heterocycles. The molecule has 140 valence electrons. The minimum Gasteiger partial charge on any atom is -0.283 e. The van der Waals surface area contributed by atoms with Crippen molar-refractivity contribution >= 4 is 32.6 Å². The van der Waals surface area contributed by atoms with Crippen molar-refractivity contribution < 1.29 is 9.18 Å². The molecule has 1 aromatic heterocycles. The molecule has 0 aliphatic heterocycles. The second kappa shape index (κ2) is 7.90. The van der Waals surface area contributed by atoms with Crippen molar-refractivity contribution in [3.05, 3.63) is 95.3 Å². The molecule has 1 heterocycles. The standard InChI is InChI=1S/C23H19FN2OS/c1-16-7-5-10-18(13-16)14-21(27)26(15-17-8-3-2-4-9-17)23-25-22-19(24)11-6-12-20(22)28-23/h2-13H,14-15H2,1H3. The molecule has 3 nitrogen and oxygen atoms in total. The lowest BCUT2D eigenvalue weighted by Crippen LogP contribution is -2.31. The SMILES string of the molecule is Cc1cccc(CC(=O)N(Cc2ccccc2)c2nc3c(F)cccc3s2)c1. The van der Waals surface area contributed by atoms with E-state index in [1.165, 1.54) is 17.4 Å². The lowest BCUT2D eigenvalue weighted by atomic mass is 10.1. The summed E-state index contributed by atoms with van der Waals surface area (Å²) in [5, 5.41) is 0.515. The largest absolute Gasteiger partial charge is 0.283 e. The first kappa shape index (κ1) is 18.3. The second-order valence-electron chi connectivity index (χ2n) is 6.71. The first-order chi connectivity index (χ1) is 13.6. The normalized spacial score (nSPS) is 10.9. The molecule has 0 fully saturated rings. The summed E-state index contributed by atoms with van der Waals surface area (Å²) < 4.78 is 14.9. The van der Waals surface area contributed by atoms with Crippen molar-refractivity contribution in [1.29, 1.82) is 0 Å². The summed E-state index contributed by atoms with van der Waals surface area (Å²) in [6.07, 6.45) is 0.271. The fourth-order valence-corrected chi connectivity index (χ4v) is 4.14. The van der Waals surface area contributed by atoms with Crippen LogP contribution >= 0.6 is 11.3 Å². The van der Waals surface area contributed by atoms with Crippen molar-refractivity contribution in [2.24, 2.45) is 0 Å². The molecular formula is C23H19FN2OS. The van der Waals surface area contributed by atoms with E-state index in [1.54, 1.807) is 11.0 Å². The van der Waals surface area contributed by atoms with Gasteiger partial charge in [0.25, 0.3) is 0 Å². The minimum atomic E-state index is -0.370. The molecule has 0 radical (unpaired) electrons. The number of hydrogen-bond donors (Lipinski definition) is 0. The third-order valence-electron chi connectivity index (χ3n) is 4.51. The molecule has 5 heteroatoms. The molecular weight excluding hydrogens is 371 g/mol. The summed E-state index contributed by atoms with van der Waals surface area (Å²) in [7, 11) is 0. The number of benzene rings is 3. The van der Waals surface area contributed by atoms with Gasteiger partial charge in [0.15, 0.2) is 5.13 Å². The molecule has 1 amide bonds. The van der Waals surface area contributed by atoms with Crippen molar-refractivity contribution in [1.82, 2.24) is 4.98 Å². The number of anilines is 1. The van der Waals surface area contributed by atoms with Crippen molar-refractivity contribution in [2.75, 3.05) is 4.90 Å². The van der Waals surface area contributed by atoms with Gasteiger partial charge in [0, 0.05) is 0 Å². The monoisotopic (exact) mass is 390 g/mol. The highest BCUT2D eigenvalue weighted by Crippen LogP contribution is 2.31. The van der Waals surface area contributed by atoms with E-state index < -0.39 is 0 Å². The maximum Gasteiger partial charge on any atom is 0.233 e. The van der Waals surface area contributed by atoms with Gasteiger partial charge in [-0.2, -0.15) is 0 Å². The Morgan fingerprint density at radius 3 is 2.50 bits per heavy atom. The Bertz CT molecular complexity index is 1120. The Labute approximate surface area is 167 Å². The number of halogens is 1. The van der Waals surface area contributed by atoms with E-state index in [0.717, 1.165) is 21.4 Å². The van der Waals surface area contributed by atoms with E-state index in [-0.39, 0.29) is 18.1 Å². The maximum absolute atomic E-state index is 14.1. The van der Waals surface area contributed by atoms with Crippen molar-refractivity contribution in [3.8, 4) is 0 Å². The van der Waals surface area contributed by atoms with Crippen LogP contribution in [-0.2, 0) is 17.8 Å². The Balaban J connectivity index is 1.70. The average Bonchev–Trinajstić information content (AvgIpc) is 3.12. The summed E-state index contributed by atoms with van der Waals surface area (Å²) in [5.74, 6) is -0.431. The summed E-state index contributed by atoms with van der Waals surface area (Å²) in [6, 6.07) is 22.6. The number of aromatic nitrogens is 1. The zero-order valence-corrected chi connectivity index (χ0v) is 16.2. The molecule has 0 aliphatic rings. The van der Waals surface area contributed by atoms with E-state index in [0.29, 0.717) is 17.2 Å². The van der Waals surface area contributed by atoms with Gasteiger partial charge >= 0.3 is 0 Å². The van der Waals surface area contributed by atoms with Gasteiger partial charge in [-0.1, -0.05) is 77.6 Å². The quantitative estimate of drug-likeness (QED) is 0.450. The molecule has 4 aromatic rings. The molecule has 0 unspecified atom stereocenters. The number of aryl methyl sites for hydroxylation is 1. The number of fused-ring (bicyclic) bond motifs is 1. The number of carbonyl (C=O) groups excluding carboxylic acids is 1. The Hall–Kier alpha value is -3.05. The minimum absolute atomic E-state index is 0.0612. The number of hydrogen-bond acceptors (Lipinski definition) is 3. The van der Waals surface area contributed by atoms with Gasteiger partial charge < -0.3 is 0 Å². The van der Waals surface area contributed by atoms with Gasteiger partial charge in [-0.15, -0.1) is 0 Å². The topological polar surface area (TPSA) is 33.2 Å². The van der Waals surface area contributed by atoms with Gasteiger partial charge in [0.1, 0.15) is 11.3 Å². The number of thiazole rings is 1. The number of nitrogens with zero attached hydrogens (tertiary/aromatic N) is 2. The first-order valence-electron chi connectivity index (χ1n) is 9.05. The van der Waals surface area contributed by atoms with Gasteiger partial charge in [-0.05, 0) is 30.2 Å². The van der Waals surface area contributed by atoms with Gasteiger partial charge in [-0.3, -0.25) is 9.69 Å². The van der Waals surface area contributed by atoms with Crippen LogP contribution in [0.4, 0.5) is 9.52 Å². The average molecular weight is 390 g/mol. The Morgan fingerprint density at radius 2 is 1.75 bits per heavy atom. The van der Waals surface area contributed by atoms with Gasteiger partial charge in [0.05, 0.1) is 17.7 Å². The lowest BCUT2D eigenvalue weighted by Gasteiger charge is -2.20. The number of rotatable bonds is 5. The second-order valence-corrected chi connectivity index (χ2v) is 7.72. The van der Waals surface area contributed by atoms with E-state index in [1.807, 2.05) is 67.6 Å². The van der Waals surface area contributed by atoms with E-state index in [9.17, 15) is 9.18 Å². The van der Waals surface area contributed by atoms with Crippen LogP contribution < -0.4 is 4.90 Å². The van der Waals surface area contributed by atoms with E-state index >= 15 is 0 Å². The fourth-order valence-electron chi connectivity index (χ4n) is 3.14. The third-order valence-corrected chi connectivity index (χ3v) is 5.56. The Kier molecular flexibility index (Phi) is 5.17. The van der Waals surface area contributed by atoms with E-state index in [4.69, 9.17) is 0 Å². The number of amides is 1. The molecule has 0 atom stereocenters. The molecule has 0 bridgehead atoms. The molecule has 0 saturated carbocycles. The fraction of sp³-hybridized carbons (Fsp3) is 0.130. The van der Waals surface area contributed by atoms with Gasteiger partial charge in [0.2, 0.25) is 5.91 Å². The summed E-state index contributed by atoms with van der Waals surface area (Å²) in [4.78, 5) is 19.3. The molecule has 0 spiro atoms. The highest BCUT2D eigenvalue weighted by molar-refractivity contribution is 7.22. The lowest BCUT2D eigenvalue weighted by molar-refractivity contribution is -0.118. The zero-order chi connectivity index (χ0) is 19.5. The zero-order valence-electron chi connectivity index (χ0n) is 15.4. The predicted octanol–water partition coefficient (Wildman–Crippen LogP) is 5.52. The predicted molar refractivity (Wildman–Crippen MR) is 112 cm³/mol. The van der Waals surface area contributed by atoms with Crippen LogP contribution in [-0.4, -0.2) is 10.9 Å². The van der Waals surface area contributed by atoms with Crippen LogP contribution in [0.15, 0.2) is 72.8 Å². The van der Waals surface area contributed by atoms with Crippen LogP contribution in [0.25, 0.3) is 10.2 Å². The van der Waals surface area contributed by atoms with Crippen molar-refractivity contribution in [2.45, 2.75) is 19.9 Å². The van der Waals surface area contributed by atoms with Gasteiger partial charge in [-0.25, -0.2) is 9.37 Å². The maximum atomic E-state index is 14.1. The molecule has 28 heavy (non-hydrogen) atoms. The van der Waals surface area contributed by atoms with Crippen LogP contribution in [0, 0.1) is 12.7 Å². The van der Waals surface area contributed by atoms with Crippen molar-refractivity contribution in [3.63, 3.8) is 0 Å². The smallest absolute Gasteiger partial charge is 0.233 e. The first-order valence-corrected chi connectivity index (χ1v) is 9.87. The van der Waals surface area contributed by atoms with E-state index in [2.05, 4.69) is 4.98 Å². The summed E-state index contributed by atoms with van der Waals surface area (Å²) in [5.41, 5.74) is 3.38. The Morgan fingerprint density at radius 1 is 1.00 bits per heavy atom. The van der Waals surface area contributed by atoms with Crippen LogP contribution in [0.1, 0.15) is 16.7 Å². The molecule has 0 aliphatic carbocycles. The van der Waals surface area contributed by atoms with Crippen LogP contribution in [0.5, 0.6) is 0 Å². The number of para-hydroxylation sites is 1. The third kappa shape index (κ3) is 3.94. The molecule has 0 N–H and O–H groups in total. The summed E-state index contributed by atoms with van der Waals surface area (Å²) in [6.45, 7) is 2.40. The van der Waals surface area contributed by atoms with Crippen LogP contribution in [0.3, 0.4) is 0 Å². The molecule has 4 rings (SSSR count). The summed E-state index contributed by atoms with van der Waals surface area (Å²) >= 11 is 1.33. The highest BCUT2D eigenvalue weighted by Gasteiger charge is 2.21. The highest BCUT2D eigenvalue weighted by atomic mass is 32.1. The number of carbonyl (C=O) groups is 1. The molecule has 3 aromatic carbocycles. The van der Waals surface area contributed by atoms with Crippen LogP contribution in [0.2, 0.25) is 0 Å².